The van der Waals surface area contributed by atoms with Gasteiger partial charge in [-0.3, -0.25) is 10.3 Å². The van der Waals surface area contributed by atoms with E-state index in [1.54, 1.807) is 6.20 Å². The van der Waals surface area contributed by atoms with Crippen LogP contribution in [0.15, 0.2) is 30.6 Å². The molecule has 78 valence electrons. The summed E-state index contributed by atoms with van der Waals surface area (Å²) in [4.78, 5) is 4.22. The highest BCUT2D eigenvalue weighted by atomic mass is 14.9. The molecule has 1 N–H and O–H groups in total. The Morgan fingerprint density at radius 3 is 3.06 bits per heavy atom. The van der Waals surface area contributed by atoms with Crippen molar-refractivity contribution in [3.8, 4) is 6.07 Å². The highest BCUT2D eigenvalue weighted by molar-refractivity contribution is 5.91. The van der Waals surface area contributed by atoms with Crippen molar-refractivity contribution < 1.29 is 0 Å². The number of rotatable bonds is 1. The van der Waals surface area contributed by atoms with E-state index in [-0.39, 0.29) is 0 Å². The normalized spacial score (nSPS) is 22.2. The lowest BCUT2D eigenvalue weighted by molar-refractivity contribution is 0.483. The lowest BCUT2D eigenvalue weighted by atomic mass is 9.94. The molecular formula is C13H11N3. The summed E-state index contributed by atoms with van der Waals surface area (Å²) in [5, 5.41) is 14.8. The second-order valence-corrected chi connectivity index (χ2v) is 4.15. The van der Waals surface area contributed by atoms with Crippen molar-refractivity contribution in [2.45, 2.75) is 12.0 Å². The molecule has 0 spiro atoms. The van der Waals surface area contributed by atoms with Gasteiger partial charge in [0.2, 0.25) is 0 Å². The zero-order valence-electron chi connectivity index (χ0n) is 8.99. The highest BCUT2D eigenvalue weighted by Gasteiger charge is 2.38. The minimum absolute atomic E-state index is 0.601. The summed E-state index contributed by atoms with van der Waals surface area (Å²) in [6.07, 6.45) is 4.38. The predicted molar refractivity (Wildman–Crippen MR) is 61.8 cm³/mol. The first kappa shape index (κ1) is 9.32. The Kier molecular flexibility index (Phi) is 1.77. The van der Waals surface area contributed by atoms with Crippen LogP contribution in [-0.4, -0.2) is 12.0 Å². The maximum absolute atomic E-state index is 9.40. The van der Waals surface area contributed by atoms with Crippen LogP contribution in [0.2, 0.25) is 0 Å². The second-order valence-electron chi connectivity index (χ2n) is 4.15. The molecule has 1 unspecified atom stereocenters. The van der Waals surface area contributed by atoms with Crippen LogP contribution in [0.1, 0.15) is 11.1 Å². The highest BCUT2D eigenvalue weighted by Crippen LogP contribution is 2.39. The number of nitrogens with zero attached hydrogens (tertiary/aromatic N) is 2. The van der Waals surface area contributed by atoms with Gasteiger partial charge in [0, 0.05) is 29.8 Å². The molecule has 3 heteroatoms. The van der Waals surface area contributed by atoms with Crippen molar-refractivity contribution in [2.24, 2.45) is 0 Å². The van der Waals surface area contributed by atoms with Crippen molar-refractivity contribution in [3.05, 3.63) is 41.7 Å². The third-order valence-corrected chi connectivity index (χ3v) is 3.40. The third-order valence-electron chi connectivity index (χ3n) is 3.40. The molecule has 0 radical (unpaired) electrons. The number of hydrogen-bond acceptors (Lipinski definition) is 3. The van der Waals surface area contributed by atoms with Crippen molar-refractivity contribution in [3.63, 3.8) is 0 Å². The molecule has 2 aromatic rings. The van der Waals surface area contributed by atoms with Crippen LogP contribution in [0.5, 0.6) is 0 Å². The van der Waals surface area contributed by atoms with Crippen LogP contribution in [0.25, 0.3) is 10.8 Å². The van der Waals surface area contributed by atoms with E-state index >= 15 is 0 Å². The quantitative estimate of drug-likeness (QED) is 0.778. The number of aromatic nitrogens is 1. The van der Waals surface area contributed by atoms with Crippen molar-refractivity contribution in [1.29, 1.82) is 5.26 Å². The van der Waals surface area contributed by atoms with Gasteiger partial charge >= 0.3 is 0 Å². The topological polar surface area (TPSA) is 48.7 Å². The van der Waals surface area contributed by atoms with Gasteiger partial charge in [0.15, 0.2) is 0 Å². The molecule has 1 atom stereocenters. The number of pyridine rings is 1. The van der Waals surface area contributed by atoms with Gasteiger partial charge in [-0.05, 0) is 18.0 Å². The fourth-order valence-corrected chi connectivity index (χ4v) is 2.54. The summed E-state index contributed by atoms with van der Waals surface area (Å²) >= 11 is 0. The monoisotopic (exact) mass is 209 g/mol. The van der Waals surface area contributed by atoms with E-state index < -0.39 is 5.54 Å². The number of hydrogen-bond donors (Lipinski definition) is 1. The van der Waals surface area contributed by atoms with Crippen LogP contribution in [0, 0.1) is 11.3 Å². The van der Waals surface area contributed by atoms with Gasteiger partial charge in [-0.1, -0.05) is 18.2 Å². The molecule has 1 aromatic heterocycles. The maximum Gasteiger partial charge on any atom is 0.138 e. The number of nitriles is 1. The molecule has 0 fully saturated rings. The molecule has 1 aromatic carbocycles. The second kappa shape index (κ2) is 3.03. The van der Waals surface area contributed by atoms with E-state index in [0.29, 0.717) is 0 Å². The van der Waals surface area contributed by atoms with Gasteiger partial charge in [0.25, 0.3) is 0 Å². The molecule has 16 heavy (non-hydrogen) atoms. The molecule has 0 bridgehead atoms. The maximum atomic E-state index is 9.40. The Balaban J connectivity index is 2.42. The molecule has 1 aliphatic carbocycles. The molecule has 3 rings (SSSR count). The van der Waals surface area contributed by atoms with Gasteiger partial charge in [0.1, 0.15) is 5.54 Å². The van der Waals surface area contributed by atoms with E-state index in [4.69, 9.17) is 0 Å². The Morgan fingerprint density at radius 1 is 1.44 bits per heavy atom. The van der Waals surface area contributed by atoms with E-state index in [9.17, 15) is 5.26 Å². The zero-order chi connectivity index (χ0) is 11.2. The Morgan fingerprint density at radius 2 is 2.31 bits per heavy atom. The van der Waals surface area contributed by atoms with Crippen LogP contribution in [0.3, 0.4) is 0 Å². The van der Waals surface area contributed by atoms with Crippen LogP contribution in [0.4, 0.5) is 0 Å². The summed E-state index contributed by atoms with van der Waals surface area (Å²) in [7, 11) is 1.83. The van der Waals surface area contributed by atoms with Crippen LogP contribution in [-0.2, 0) is 12.0 Å². The number of likely N-dealkylation sites (N-methyl/N-ethyl adjacent to an activating group) is 1. The minimum atomic E-state index is -0.601. The summed E-state index contributed by atoms with van der Waals surface area (Å²) in [6, 6.07) is 8.53. The summed E-state index contributed by atoms with van der Waals surface area (Å²) in [5.41, 5.74) is 1.63. The van der Waals surface area contributed by atoms with E-state index in [2.05, 4.69) is 22.4 Å². The molecule has 0 saturated heterocycles. The van der Waals surface area contributed by atoms with Gasteiger partial charge < -0.3 is 0 Å². The molecule has 1 heterocycles. The van der Waals surface area contributed by atoms with Crippen molar-refractivity contribution in [1.82, 2.24) is 10.3 Å². The third kappa shape index (κ3) is 0.971. The largest absolute Gasteiger partial charge is 0.298 e. The summed E-state index contributed by atoms with van der Waals surface area (Å²) < 4.78 is 0. The first-order chi connectivity index (χ1) is 7.80. The summed E-state index contributed by atoms with van der Waals surface area (Å²) in [6.45, 7) is 0. The van der Waals surface area contributed by atoms with Gasteiger partial charge in [-0.2, -0.15) is 5.26 Å². The van der Waals surface area contributed by atoms with Crippen molar-refractivity contribution >= 4 is 10.8 Å². The van der Waals surface area contributed by atoms with E-state index in [1.165, 1.54) is 10.9 Å². The predicted octanol–water partition coefficient (Wildman–Crippen LogP) is 1.73. The Hall–Kier alpha value is -1.92. The van der Waals surface area contributed by atoms with Crippen LogP contribution < -0.4 is 5.32 Å². The molecule has 0 aliphatic heterocycles. The first-order valence-corrected chi connectivity index (χ1v) is 5.27. The first-order valence-electron chi connectivity index (χ1n) is 5.27. The standard InChI is InChI=1S/C13H11N3/c1-15-13(8-14)5-9-3-2-4-10-6-16-7-11(13)12(9)10/h2-4,6-7,15H,5H2,1H3. The lowest BCUT2D eigenvalue weighted by Crippen LogP contribution is -2.38. The Labute approximate surface area is 93.7 Å². The lowest BCUT2D eigenvalue weighted by Gasteiger charge is -2.20. The zero-order valence-corrected chi connectivity index (χ0v) is 8.99. The molecule has 0 saturated carbocycles. The van der Waals surface area contributed by atoms with Crippen molar-refractivity contribution in [2.75, 3.05) is 7.05 Å². The SMILES string of the molecule is CNC1(C#N)Cc2cccc3cncc1c23. The average Bonchev–Trinajstić information content (AvgIpc) is 2.67. The molecular weight excluding hydrogens is 198 g/mol. The molecule has 1 aliphatic rings. The van der Waals surface area contributed by atoms with Gasteiger partial charge in [0.05, 0.1) is 6.07 Å². The number of nitrogens with one attached hydrogen (secondary N) is 1. The van der Waals surface area contributed by atoms with Crippen LogP contribution >= 0.6 is 0 Å². The Bertz CT molecular complexity index is 607. The smallest absolute Gasteiger partial charge is 0.138 e. The van der Waals surface area contributed by atoms with Gasteiger partial charge in [-0.15, -0.1) is 0 Å². The fourth-order valence-electron chi connectivity index (χ4n) is 2.54. The molecule has 0 amide bonds. The van der Waals surface area contributed by atoms with Gasteiger partial charge in [-0.25, -0.2) is 0 Å². The average molecular weight is 209 g/mol. The molecule has 3 nitrogen and oxygen atoms in total. The van der Waals surface area contributed by atoms with E-state index in [1.807, 2.05) is 25.4 Å². The number of benzene rings is 1. The minimum Gasteiger partial charge on any atom is -0.298 e. The van der Waals surface area contributed by atoms with E-state index in [0.717, 1.165) is 17.4 Å². The summed E-state index contributed by atoms with van der Waals surface area (Å²) in [5.74, 6) is 0. The fraction of sp³-hybridized carbons (Fsp3) is 0.231.